The first-order valence-corrected chi connectivity index (χ1v) is 12.3. The average molecular weight is 501 g/mol. The normalized spacial score (nSPS) is 18.1. The van der Waals surface area contributed by atoms with E-state index in [0.717, 1.165) is 25.7 Å². The van der Waals surface area contributed by atoms with E-state index in [2.05, 4.69) is 0 Å². The molecule has 6 heteroatoms. The highest BCUT2D eigenvalue weighted by Gasteiger charge is 2.24. The molecule has 4 rings (SSSR count). The van der Waals surface area contributed by atoms with E-state index in [1.807, 2.05) is 13.0 Å². The van der Waals surface area contributed by atoms with Crippen LogP contribution in [0.2, 0.25) is 0 Å². The Hall–Kier alpha value is -3.15. The zero-order valence-corrected chi connectivity index (χ0v) is 20.4. The summed E-state index contributed by atoms with van der Waals surface area (Å²) >= 11 is 0. The van der Waals surface area contributed by atoms with Gasteiger partial charge >= 0.3 is 0 Å². The van der Waals surface area contributed by atoms with Gasteiger partial charge < -0.3 is 4.74 Å². The third kappa shape index (κ3) is 5.48. The van der Waals surface area contributed by atoms with Crippen LogP contribution < -0.4 is 4.74 Å². The summed E-state index contributed by atoms with van der Waals surface area (Å²) in [5.74, 6) is -4.23. The molecule has 0 radical (unpaired) electrons. The summed E-state index contributed by atoms with van der Waals surface area (Å²) in [5, 5.41) is 0. The van der Waals surface area contributed by atoms with Crippen molar-refractivity contribution in [3.05, 3.63) is 94.3 Å². The summed E-state index contributed by atoms with van der Waals surface area (Å²) in [4.78, 5) is 0. The predicted octanol–water partition coefficient (Wildman–Crippen LogP) is 9.13. The lowest BCUT2D eigenvalue weighted by Crippen LogP contribution is -2.13. The second kappa shape index (κ2) is 11.3. The highest BCUT2D eigenvalue weighted by atomic mass is 19.2. The van der Waals surface area contributed by atoms with Crippen molar-refractivity contribution in [2.45, 2.75) is 51.9 Å². The van der Waals surface area contributed by atoms with Gasteiger partial charge in [-0.2, -0.15) is 4.39 Å². The van der Waals surface area contributed by atoms with Crippen LogP contribution in [0.25, 0.3) is 17.2 Å². The smallest absolute Gasteiger partial charge is 0.201 e. The summed E-state index contributed by atoms with van der Waals surface area (Å²) in [6, 6.07) is 10.4. The monoisotopic (exact) mass is 500 g/mol. The van der Waals surface area contributed by atoms with Crippen LogP contribution in [0.3, 0.4) is 0 Å². The number of halogens is 5. The molecule has 0 amide bonds. The van der Waals surface area contributed by atoms with Gasteiger partial charge in [-0.05, 0) is 85.8 Å². The molecule has 0 N–H and O–H groups in total. The first-order chi connectivity index (χ1) is 17.3. The van der Waals surface area contributed by atoms with Gasteiger partial charge in [-0.25, -0.2) is 17.6 Å². The highest BCUT2D eigenvalue weighted by molar-refractivity contribution is 5.66. The Balaban J connectivity index is 1.43. The molecule has 190 valence electrons. The Morgan fingerprint density at radius 1 is 0.833 bits per heavy atom. The van der Waals surface area contributed by atoms with Crippen molar-refractivity contribution in [1.82, 2.24) is 0 Å². The van der Waals surface area contributed by atoms with Crippen LogP contribution in [0.4, 0.5) is 22.0 Å². The Morgan fingerprint density at radius 3 is 2.28 bits per heavy atom. The Bertz CT molecular complexity index is 1260. The van der Waals surface area contributed by atoms with Crippen LogP contribution in [0.1, 0.15) is 61.6 Å². The van der Waals surface area contributed by atoms with Crippen LogP contribution in [-0.2, 0) is 0 Å². The Kier molecular flexibility index (Phi) is 8.12. The maximum atomic E-state index is 15.0. The number of aryl methyl sites for hydroxylation is 1. The van der Waals surface area contributed by atoms with Crippen molar-refractivity contribution >= 4 is 6.08 Å². The van der Waals surface area contributed by atoms with Gasteiger partial charge in [0.25, 0.3) is 0 Å². The molecule has 0 aromatic heterocycles. The van der Waals surface area contributed by atoms with Crippen LogP contribution >= 0.6 is 0 Å². The molecule has 1 saturated carbocycles. The summed E-state index contributed by atoms with van der Waals surface area (Å²) in [6.07, 6.45) is 7.23. The molecule has 0 aliphatic heterocycles. The van der Waals surface area contributed by atoms with E-state index in [4.69, 9.17) is 4.74 Å². The number of benzene rings is 3. The Labute approximate surface area is 208 Å². The van der Waals surface area contributed by atoms with Gasteiger partial charge in [0.15, 0.2) is 23.2 Å². The predicted molar refractivity (Wildman–Crippen MR) is 132 cm³/mol. The molecule has 0 spiro atoms. The lowest BCUT2D eigenvalue weighted by Gasteiger charge is -2.27. The second-order valence-corrected chi connectivity index (χ2v) is 9.39. The van der Waals surface area contributed by atoms with Gasteiger partial charge in [0.1, 0.15) is 5.82 Å². The van der Waals surface area contributed by atoms with E-state index in [0.29, 0.717) is 12.0 Å². The van der Waals surface area contributed by atoms with E-state index < -0.39 is 29.1 Å². The summed E-state index contributed by atoms with van der Waals surface area (Å²) in [6.45, 7) is 3.66. The minimum absolute atomic E-state index is 0.00339. The molecule has 0 heterocycles. The maximum absolute atomic E-state index is 15.0. The zero-order valence-electron chi connectivity index (χ0n) is 20.4. The van der Waals surface area contributed by atoms with Gasteiger partial charge in [0.2, 0.25) is 5.82 Å². The lowest BCUT2D eigenvalue weighted by molar-refractivity contribution is 0.295. The third-order valence-corrected chi connectivity index (χ3v) is 6.88. The van der Waals surface area contributed by atoms with Crippen LogP contribution in [0.15, 0.2) is 48.5 Å². The first-order valence-electron chi connectivity index (χ1n) is 12.3. The third-order valence-electron chi connectivity index (χ3n) is 6.88. The Morgan fingerprint density at radius 2 is 1.58 bits per heavy atom. The highest BCUT2D eigenvalue weighted by Crippen LogP contribution is 2.39. The van der Waals surface area contributed by atoms with Gasteiger partial charge in [-0.3, -0.25) is 0 Å². The van der Waals surface area contributed by atoms with Crippen molar-refractivity contribution in [2.75, 3.05) is 6.61 Å². The molecule has 1 fully saturated rings. The molecule has 1 nitrogen and oxygen atoms in total. The zero-order chi connectivity index (χ0) is 25.8. The van der Waals surface area contributed by atoms with E-state index in [1.54, 1.807) is 30.3 Å². The number of allylic oxidation sites excluding steroid dienone is 1. The molecule has 3 aromatic rings. The van der Waals surface area contributed by atoms with Crippen LogP contribution in [-0.4, -0.2) is 6.61 Å². The standard InChI is InChI=1S/C30H29F5O/c1-3-16-36-26-15-14-24(29(34)30(26)35)22-12-13-23(25(31)17-22)20-9-5-19(6-10-20)7-11-21-8-4-18(2)27(32)28(21)33/h4,7-8,11-15,17,19-20H,3,5-6,9-10,16H2,1-2H3/b11-7+. The summed E-state index contributed by atoms with van der Waals surface area (Å²) in [7, 11) is 0. The summed E-state index contributed by atoms with van der Waals surface area (Å²) in [5.41, 5.74) is 1.28. The van der Waals surface area contributed by atoms with Crippen molar-refractivity contribution < 1.29 is 26.7 Å². The van der Waals surface area contributed by atoms with Crippen molar-refractivity contribution in [2.24, 2.45) is 5.92 Å². The molecular formula is C30H29F5O. The van der Waals surface area contributed by atoms with E-state index in [-0.39, 0.29) is 46.4 Å². The second-order valence-electron chi connectivity index (χ2n) is 9.39. The number of rotatable bonds is 7. The molecule has 36 heavy (non-hydrogen) atoms. The SMILES string of the molecule is CCCOc1ccc(-c2ccc(C3CCC(/C=C/c4ccc(C)c(F)c4F)CC3)c(F)c2)c(F)c1F. The first kappa shape index (κ1) is 25.9. The van der Waals surface area contributed by atoms with E-state index in [1.165, 1.54) is 25.1 Å². The van der Waals surface area contributed by atoms with Crippen molar-refractivity contribution in [1.29, 1.82) is 0 Å². The van der Waals surface area contributed by atoms with Crippen LogP contribution in [0, 0.1) is 41.9 Å². The van der Waals surface area contributed by atoms with Gasteiger partial charge in [-0.1, -0.05) is 43.3 Å². The molecule has 1 aliphatic rings. The topological polar surface area (TPSA) is 9.23 Å². The van der Waals surface area contributed by atoms with Crippen molar-refractivity contribution in [3.8, 4) is 16.9 Å². The number of hydrogen-bond donors (Lipinski definition) is 0. The van der Waals surface area contributed by atoms with Crippen LogP contribution in [0.5, 0.6) is 5.75 Å². The van der Waals surface area contributed by atoms with E-state index in [9.17, 15) is 17.6 Å². The van der Waals surface area contributed by atoms with Gasteiger partial charge in [-0.15, -0.1) is 0 Å². The molecule has 0 saturated heterocycles. The fourth-order valence-electron chi connectivity index (χ4n) is 4.76. The molecule has 1 aliphatic carbocycles. The molecule has 0 bridgehead atoms. The van der Waals surface area contributed by atoms with Crippen molar-refractivity contribution in [3.63, 3.8) is 0 Å². The molecule has 3 aromatic carbocycles. The summed E-state index contributed by atoms with van der Waals surface area (Å²) < 4.78 is 77.2. The minimum atomic E-state index is -1.08. The van der Waals surface area contributed by atoms with Gasteiger partial charge in [0, 0.05) is 11.1 Å². The molecule has 0 unspecified atom stereocenters. The lowest BCUT2D eigenvalue weighted by atomic mass is 9.78. The fourth-order valence-corrected chi connectivity index (χ4v) is 4.76. The molecule has 0 atom stereocenters. The average Bonchev–Trinajstić information content (AvgIpc) is 2.88. The minimum Gasteiger partial charge on any atom is -0.490 e. The fraction of sp³-hybridized carbons (Fsp3) is 0.333. The largest absolute Gasteiger partial charge is 0.490 e. The van der Waals surface area contributed by atoms with E-state index >= 15 is 4.39 Å². The maximum Gasteiger partial charge on any atom is 0.201 e. The molecular weight excluding hydrogens is 471 g/mol. The van der Waals surface area contributed by atoms with Gasteiger partial charge in [0.05, 0.1) is 6.61 Å². The number of hydrogen-bond acceptors (Lipinski definition) is 1. The quantitative estimate of drug-likeness (QED) is 0.294. The number of ether oxygens (including phenoxy) is 1.